The Kier molecular flexibility index (Phi) is 3.42. The fourth-order valence-electron chi connectivity index (χ4n) is 2.94. The van der Waals surface area contributed by atoms with Gasteiger partial charge in [0.25, 0.3) is 0 Å². The first-order chi connectivity index (χ1) is 5.31. The molecular formula is C10H20ClN. The maximum absolute atomic E-state index is 6.36. The van der Waals surface area contributed by atoms with Gasteiger partial charge in [-0.15, -0.1) is 12.4 Å². The third kappa shape index (κ3) is 1.77. The maximum atomic E-state index is 6.36. The Balaban J connectivity index is 0.000000720. The molecule has 2 saturated carbocycles. The van der Waals surface area contributed by atoms with Crippen LogP contribution in [-0.4, -0.2) is 5.54 Å². The van der Waals surface area contributed by atoms with Crippen molar-refractivity contribution in [1.82, 2.24) is 0 Å². The fraction of sp³-hybridized carbons (Fsp3) is 1.00. The summed E-state index contributed by atoms with van der Waals surface area (Å²) >= 11 is 0. The van der Waals surface area contributed by atoms with E-state index in [0.29, 0.717) is 0 Å². The van der Waals surface area contributed by atoms with Crippen molar-refractivity contribution in [2.45, 2.75) is 56.9 Å². The third-order valence-electron chi connectivity index (χ3n) is 3.70. The normalized spacial score (nSPS) is 28.8. The van der Waals surface area contributed by atoms with Gasteiger partial charge >= 0.3 is 0 Å². The van der Waals surface area contributed by atoms with Crippen LogP contribution in [0.3, 0.4) is 0 Å². The van der Waals surface area contributed by atoms with Crippen LogP contribution in [0.2, 0.25) is 0 Å². The molecule has 12 heavy (non-hydrogen) atoms. The Labute approximate surface area is 81.5 Å². The second kappa shape index (κ2) is 3.97. The zero-order chi connectivity index (χ0) is 7.73. The van der Waals surface area contributed by atoms with Crippen LogP contribution in [0.1, 0.15) is 51.4 Å². The van der Waals surface area contributed by atoms with E-state index >= 15 is 0 Å². The van der Waals surface area contributed by atoms with Crippen LogP contribution in [0.25, 0.3) is 0 Å². The van der Waals surface area contributed by atoms with Crippen molar-refractivity contribution in [1.29, 1.82) is 0 Å². The number of halogens is 1. The minimum absolute atomic E-state index is 0. The second-order valence-electron chi connectivity index (χ2n) is 4.42. The van der Waals surface area contributed by atoms with Gasteiger partial charge in [-0.1, -0.05) is 25.7 Å². The van der Waals surface area contributed by atoms with Crippen LogP contribution in [0.15, 0.2) is 0 Å². The molecule has 0 heterocycles. The lowest BCUT2D eigenvalue weighted by Crippen LogP contribution is -2.43. The Hall–Kier alpha value is 0.250. The minimum Gasteiger partial charge on any atom is -0.325 e. The van der Waals surface area contributed by atoms with Gasteiger partial charge in [-0.3, -0.25) is 0 Å². The Bertz CT molecular complexity index is 135. The average Bonchev–Trinajstić information content (AvgIpc) is 2.55. The molecule has 2 aliphatic rings. The predicted octanol–water partition coefficient (Wildman–Crippen LogP) is 2.87. The van der Waals surface area contributed by atoms with E-state index in [0.717, 1.165) is 5.92 Å². The van der Waals surface area contributed by atoms with E-state index < -0.39 is 0 Å². The van der Waals surface area contributed by atoms with E-state index in [4.69, 9.17) is 5.73 Å². The third-order valence-corrected chi connectivity index (χ3v) is 3.70. The lowest BCUT2D eigenvalue weighted by atomic mass is 9.82. The molecule has 1 nitrogen and oxygen atoms in total. The molecule has 0 bridgehead atoms. The van der Waals surface area contributed by atoms with Crippen LogP contribution in [0, 0.1) is 5.92 Å². The molecule has 0 saturated heterocycles. The first-order valence-electron chi connectivity index (χ1n) is 5.10. The molecule has 0 atom stereocenters. The highest BCUT2D eigenvalue weighted by Gasteiger charge is 2.38. The number of nitrogens with two attached hydrogens (primary N) is 1. The van der Waals surface area contributed by atoms with Gasteiger partial charge < -0.3 is 5.73 Å². The van der Waals surface area contributed by atoms with E-state index in [1.165, 1.54) is 51.4 Å². The first kappa shape index (κ1) is 10.3. The van der Waals surface area contributed by atoms with Crippen molar-refractivity contribution < 1.29 is 0 Å². The summed E-state index contributed by atoms with van der Waals surface area (Å²) in [5, 5.41) is 0. The Morgan fingerprint density at radius 2 is 1.42 bits per heavy atom. The Morgan fingerprint density at radius 1 is 0.917 bits per heavy atom. The van der Waals surface area contributed by atoms with Gasteiger partial charge in [0.05, 0.1) is 0 Å². The largest absolute Gasteiger partial charge is 0.325 e. The predicted molar refractivity (Wildman–Crippen MR) is 54.6 cm³/mol. The standard InChI is InChI=1S/C10H19N.ClH/c11-10(7-3-4-8-10)9-5-1-2-6-9;/h9H,1-8,11H2;1H. The zero-order valence-corrected chi connectivity index (χ0v) is 8.54. The van der Waals surface area contributed by atoms with Gasteiger partial charge in [0.15, 0.2) is 0 Å². The zero-order valence-electron chi connectivity index (χ0n) is 7.72. The molecule has 2 rings (SSSR count). The average molecular weight is 190 g/mol. The summed E-state index contributed by atoms with van der Waals surface area (Å²) in [6.07, 6.45) is 11.1. The van der Waals surface area contributed by atoms with Crippen molar-refractivity contribution in [2.75, 3.05) is 0 Å². The van der Waals surface area contributed by atoms with Gasteiger partial charge in [-0.05, 0) is 31.6 Å². The summed E-state index contributed by atoms with van der Waals surface area (Å²) in [7, 11) is 0. The SMILES string of the molecule is Cl.NC1(C2CCCC2)CCCC1. The van der Waals surface area contributed by atoms with Gasteiger partial charge in [0, 0.05) is 5.54 Å². The van der Waals surface area contributed by atoms with Crippen molar-refractivity contribution in [3.8, 4) is 0 Å². The smallest absolute Gasteiger partial charge is 0.0182 e. The van der Waals surface area contributed by atoms with E-state index in [1.807, 2.05) is 0 Å². The van der Waals surface area contributed by atoms with Crippen molar-refractivity contribution in [3.63, 3.8) is 0 Å². The summed E-state index contributed by atoms with van der Waals surface area (Å²) in [5.74, 6) is 0.880. The van der Waals surface area contributed by atoms with Crippen LogP contribution < -0.4 is 5.73 Å². The number of hydrogen-bond acceptors (Lipinski definition) is 1. The lowest BCUT2D eigenvalue weighted by molar-refractivity contribution is 0.281. The van der Waals surface area contributed by atoms with Crippen LogP contribution in [0.4, 0.5) is 0 Å². The fourth-order valence-corrected chi connectivity index (χ4v) is 2.94. The van der Waals surface area contributed by atoms with Gasteiger partial charge in [0.1, 0.15) is 0 Å². The van der Waals surface area contributed by atoms with Gasteiger partial charge in [0.2, 0.25) is 0 Å². The molecule has 0 aromatic carbocycles. The van der Waals surface area contributed by atoms with E-state index in [2.05, 4.69) is 0 Å². The summed E-state index contributed by atoms with van der Waals surface area (Å²) in [4.78, 5) is 0. The van der Waals surface area contributed by atoms with E-state index in [9.17, 15) is 0 Å². The van der Waals surface area contributed by atoms with E-state index in [1.54, 1.807) is 0 Å². The van der Waals surface area contributed by atoms with Gasteiger partial charge in [-0.2, -0.15) is 0 Å². The highest BCUT2D eigenvalue weighted by Crippen LogP contribution is 2.41. The molecule has 0 radical (unpaired) electrons. The summed E-state index contributed by atoms with van der Waals surface area (Å²) in [6.45, 7) is 0. The number of hydrogen-bond donors (Lipinski definition) is 1. The summed E-state index contributed by atoms with van der Waals surface area (Å²) in [6, 6.07) is 0. The molecule has 2 heteroatoms. The highest BCUT2D eigenvalue weighted by molar-refractivity contribution is 5.85. The second-order valence-corrected chi connectivity index (χ2v) is 4.42. The van der Waals surface area contributed by atoms with Gasteiger partial charge in [-0.25, -0.2) is 0 Å². The summed E-state index contributed by atoms with van der Waals surface area (Å²) < 4.78 is 0. The van der Waals surface area contributed by atoms with Crippen LogP contribution >= 0.6 is 12.4 Å². The molecule has 0 spiro atoms. The van der Waals surface area contributed by atoms with Crippen LogP contribution in [-0.2, 0) is 0 Å². The maximum Gasteiger partial charge on any atom is 0.0182 e. The lowest BCUT2D eigenvalue weighted by Gasteiger charge is -2.30. The molecular weight excluding hydrogens is 170 g/mol. The minimum atomic E-state index is 0. The molecule has 0 amide bonds. The first-order valence-corrected chi connectivity index (χ1v) is 5.10. The molecule has 0 aromatic rings. The highest BCUT2D eigenvalue weighted by atomic mass is 35.5. The molecule has 0 aliphatic heterocycles. The topological polar surface area (TPSA) is 26.0 Å². The van der Waals surface area contributed by atoms with Crippen molar-refractivity contribution in [3.05, 3.63) is 0 Å². The van der Waals surface area contributed by atoms with Crippen molar-refractivity contribution >= 4 is 12.4 Å². The molecule has 0 unspecified atom stereocenters. The molecule has 72 valence electrons. The molecule has 0 aromatic heterocycles. The van der Waals surface area contributed by atoms with Crippen molar-refractivity contribution in [2.24, 2.45) is 11.7 Å². The molecule has 2 fully saturated rings. The van der Waals surface area contributed by atoms with Crippen LogP contribution in [0.5, 0.6) is 0 Å². The quantitative estimate of drug-likeness (QED) is 0.675. The monoisotopic (exact) mass is 189 g/mol. The summed E-state index contributed by atoms with van der Waals surface area (Å²) in [5.41, 5.74) is 6.64. The Morgan fingerprint density at radius 3 is 1.92 bits per heavy atom. The molecule has 2 N–H and O–H groups in total. The van der Waals surface area contributed by atoms with E-state index in [-0.39, 0.29) is 17.9 Å². The molecule has 2 aliphatic carbocycles. The number of rotatable bonds is 1.